The molecule has 0 atom stereocenters. The predicted molar refractivity (Wildman–Crippen MR) is 93.2 cm³/mol. The number of benzene rings is 1. The number of nitrogens with zero attached hydrogens (tertiary/aromatic N) is 3. The van der Waals surface area contributed by atoms with Crippen LogP contribution in [0.15, 0.2) is 24.3 Å². The summed E-state index contributed by atoms with van der Waals surface area (Å²) in [5.41, 5.74) is -0.0576. The number of amides is 2. The van der Waals surface area contributed by atoms with Crippen LogP contribution in [0.5, 0.6) is 5.75 Å². The maximum absolute atomic E-state index is 12.2. The first kappa shape index (κ1) is 20.1. The third-order valence-corrected chi connectivity index (χ3v) is 4.18. The molecule has 0 aliphatic carbocycles. The average molecular weight is 379 g/mol. The van der Waals surface area contributed by atoms with Crippen molar-refractivity contribution in [3.05, 3.63) is 34.4 Å². The summed E-state index contributed by atoms with van der Waals surface area (Å²) in [7, 11) is 0. The molecule has 27 heavy (non-hydrogen) atoms. The Kier molecular flexibility index (Phi) is 7.09. The summed E-state index contributed by atoms with van der Waals surface area (Å²) in [6.07, 6.45) is 0.448. The summed E-state index contributed by atoms with van der Waals surface area (Å²) in [6.45, 7) is 1.37. The first-order chi connectivity index (χ1) is 12.9. The van der Waals surface area contributed by atoms with Crippen molar-refractivity contribution in [1.82, 2.24) is 9.80 Å². The van der Waals surface area contributed by atoms with Gasteiger partial charge in [-0.3, -0.25) is 24.5 Å². The van der Waals surface area contributed by atoms with Gasteiger partial charge in [0.2, 0.25) is 5.91 Å². The lowest BCUT2D eigenvalue weighted by Gasteiger charge is -2.34. The first-order valence-corrected chi connectivity index (χ1v) is 8.51. The minimum atomic E-state index is -0.925. The van der Waals surface area contributed by atoms with E-state index in [9.17, 15) is 24.5 Å². The van der Waals surface area contributed by atoms with Gasteiger partial charge in [-0.05, 0) is 18.6 Å². The molecule has 1 aliphatic heterocycles. The van der Waals surface area contributed by atoms with E-state index in [-0.39, 0.29) is 37.0 Å². The van der Waals surface area contributed by atoms with Crippen molar-refractivity contribution in [3.63, 3.8) is 0 Å². The Labute approximate surface area is 155 Å². The first-order valence-electron chi connectivity index (χ1n) is 8.51. The molecule has 2 rings (SSSR count). The van der Waals surface area contributed by atoms with Crippen molar-refractivity contribution in [2.45, 2.75) is 19.3 Å². The minimum Gasteiger partial charge on any atom is -0.484 e. The SMILES string of the molecule is O=C(O)CCCC(=O)N1CCN(C(=O)COc2ccc([N+](=O)[O-])cc2)CC1. The summed E-state index contributed by atoms with van der Waals surface area (Å²) in [5, 5.41) is 19.2. The fourth-order valence-electron chi connectivity index (χ4n) is 2.65. The summed E-state index contributed by atoms with van der Waals surface area (Å²) in [6, 6.07) is 5.46. The highest BCUT2D eigenvalue weighted by Crippen LogP contribution is 2.17. The molecule has 0 unspecified atom stereocenters. The van der Waals surface area contributed by atoms with Crippen molar-refractivity contribution in [3.8, 4) is 5.75 Å². The van der Waals surface area contributed by atoms with Crippen LogP contribution in [-0.2, 0) is 14.4 Å². The van der Waals surface area contributed by atoms with Crippen molar-refractivity contribution < 1.29 is 29.2 Å². The van der Waals surface area contributed by atoms with Gasteiger partial charge in [-0.1, -0.05) is 0 Å². The summed E-state index contributed by atoms with van der Waals surface area (Å²) in [4.78, 5) is 48.0. The number of carboxylic acid groups (broad SMARTS) is 1. The number of ether oxygens (including phenoxy) is 1. The molecular weight excluding hydrogens is 358 g/mol. The van der Waals surface area contributed by atoms with Gasteiger partial charge in [0.25, 0.3) is 11.6 Å². The van der Waals surface area contributed by atoms with Crippen LogP contribution < -0.4 is 4.74 Å². The molecule has 1 aliphatic rings. The van der Waals surface area contributed by atoms with Crippen LogP contribution in [0.3, 0.4) is 0 Å². The number of non-ortho nitro benzene ring substituents is 1. The van der Waals surface area contributed by atoms with Gasteiger partial charge in [-0.2, -0.15) is 0 Å². The number of nitro benzene ring substituents is 1. The molecule has 1 aromatic carbocycles. The lowest BCUT2D eigenvalue weighted by atomic mass is 10.2. The second kappa shape index (κ2) is 9.51. The quantitative estimate of drug-likeness (QED) is 0.524. The number of carboxylic acids is 1. The lowest BCUT2D eigenvalue weighted by molar-refractivity contribution is -0.384. The zero-order valence-electron chi connectivity index (χ0n) is 14.7. The molecule has 10 heteroatoms. The zero-order valence-corrected chi connectivity index (χ0v) is 14.7. The van der Waals surface area contributed by atoms with Crippen molar-refractivity contribution >= 4 is 23.5 Å². The van der Waals surface area contributed by atoms with E-state index in [0.29, 0.717) is 38.3 Å². The van der Waals surface area contributed by atoms with Crippen molar-refractivity contribution in [2.75, 3.05) is 32.8 Å². The second-order valence-corrected chi connectivity index (χ2v) is 6.05. The van der Waals surface area contributed by atoms with E-state index < -0.39 is 10.9 Å². The smallest absolute Gasteiger partial charge is 0.303 e. The number of rotatable bonds is 8. The van der Waals surface area contributed by atoms with Crippen molar-refractivity contribution in [2.24, 2.45) is 0 Å². The van der Waals surface area contributed by atoms with Crippen LogP contribution in [0, 0.1) is 10.1 Å². The van der Waals surface area contributed by atoms with Gasteiger partial charge in [0.1, 0.15) is 5.75 Å². The molecule has 1 aromatic rings. The number of carbonyl (C=O) groups is 3. The maximum atomic E-state index is 12.2. The zero-order chi connectivity index (χ0) is 19.8. The summed E-state index contributed by atoms with van der Waals surface area (Å²) in [5.74, 6) is -0.899. The van der Waals surface area contributed by atoms with Gasteiger partial charge in [0.05, 0.1) is 4.92 Å². The standard InChI is InChI=1S/C17H21N3O7/c21-15(2-1-3-17(23)24)18-8-10-19(11-9-18)16(22)12-27-14-6-4-13(5-7-14)20(25)26/h4-7H,1-3,8-12H2,(H,23,24). The molecule has 10 nitrogen and oxygen atoms in total. The van der Waals surface area contributed by atoms with E-state index in [4.69, 9.17) is 9.84 Å². The van der Waals surface area contributed by atoms with Crippen molar-refractivity contribution in [1.29, 1.82) is 0 Å². The Balaban J connectivity index is 1.72. The molecule has 1 heterocycles. The molecule has 146 valence electrons. The minimum absolute atomic E-state index is 0.0375. The third kappa shape index (κ3) is 6.24. The van der Waals surface area contributed by atoms with Gasteiger partial charge in [-0.25, -0.2) is 0 Å². The molecular formula is C17H21N3O7. The van der Waals surface area contributed by atoms with Gasteiger partial charge >= 0.3 is 5.97 Å². The Hall–Kier alpha value is -3.17. The van der Waals surface area contributed by atoms with Crippen LogP contribution in [-0.4, -0.2) is 70.4 Å². The summed E-state index contributed by atoms with van der Waals surface area (Å²) >= 11 is 0. The van der Waals surface area contributed by atoms with Crippen LogP contribution in [0.25, 0.3) is 0 Å². The molecule has 1 saturated heterocycles. The summed E-state index contributed by atoms with van der Waals surface area (Å²) < 4.78 is 5.36. The van der Waals surface area contributed by atoms with E-state index in [1.807, 2.05) is 0 Å². The predicted octanol–water partition coefficient (Wildman–Crippen LogP) is 0.899. The van der Waals surface area contributed by atoms with Crippen LogP contribution >= 0.6 is 0 Å². The average Bonchev–Trinajstić information content (AvgIpc) is 2.66. The molecule has 1 N–H and O–H groups in total. The Morgan fingerprint density at radius 2 is 1.56 bits per heavy atom. The van der Waals surface area contributed by atoms with Gasteiger partial charge in [0.15, 0.2) is 6.61 Å². The Bertz CT molecular complexity index is 697. The highest BCUT2D eigenvalue weighted by atomic mass is 16.6. The second-order valence-electron chi connectivity index (χ2n) is 6.05. The maximum Gasteiger partial charge on any atom is 0.303 e. The van der Waals surface area contributed by atoms with E-state index >= 15 is 0 Å². The normalized spacial score (nSPS) is 13.9. The number of hydrogen-bond donors (Lipinski definition) is 1. The lowest BCUT2D eigenvalue weighted by Crippen LogP contribution is -2.51. The van der Waals surface area contributed by atoms with E-state index in [1.54, 1.807) is 9.80 Å². The highest BCUT2D eigenvalue weighted by Gasteiger charge is 2.24. The highest BCUT2D eigenvalue weighted by molar-refractivity contribution is 5.79. The Morgan fingerprint density at radius 3 is 2.07 bits per heavy atom. The number of nitro groups is 1. The Morgan fingerprint density at radius 1 is 1.00 bits per heavy atom. The molecule has 1 fully saturated rings. The largest absolute Gasteiger partial charge is 0.484 e. The van der Waals surface area contributed by atoms with Crippen LogP contribution in [0.2, 0.25) is 0 Å². The number of aliphatic carboxylic acids is 1. The van der Waals surface area contributed by atoms with Gasteiger partial charge < -0.3 is 19.6 Å². The molecule has 0 aromatic heterocycles. The van der Waals surface area contributed by atoms with E-state index in [2.05, 4.69) is 0 Å². The monoisotopic (exact) mass is 379 g/mol. The molecule has 2 amide bonds. The topological polar surface area (TPSA) is 130 Å². The molecule has 0 bridgehead atoms. The van der Waals surface area contributed by atoms with Crippen LogP contribution in [0.1, 0.15) is 19.3 Å². The van der Waals surface area contributed by atoms with E-state index in [1.165, 1.54) is 24.3 Å². The number of hydrogen-bond acceptors (Lipinski definition) is 6. The molecule has 0 radical (unpaired) electrons. The number of piperazine rings is 1. The fourth-order valence-corrected chi connectivity index (χ4v) is 2.65. The van der Waals surface area contributed by atoms with Crippen LogP contribution in [0.4, 0.5) is 5.69 Å². The molecule has 0 spiro atoms. The fraction of sp³-hybridized carbons (Fsp3) is 0.471. The third-order valence-electron chi connectivity index (χ3n) is 4.18. The number of carbonyl (C=O) groups excluding carboxylic acids is 2. The van der Waals surface area contributed by atoms with Gasteiger partial charge in [-0.15, -0.1) is 0 Å². The van der Waals surface area contributed by atoms with Gasteiger partial charge in [0, 0.05) is 51.2 Å². The molecule has 0 saturated carbocycles. The van der Waals surface area contributed by atoms with E-state index in [0.717, 1.165) is 0 Å².